The largest absolute Gasteiger partial charge is 0.490 e. The van der Waals surface area contributed by atoms with Gasteiger partial charge in [-0.1, -0.05) is 36.4 Å². The second-order valence-electron chi connectivity index (χ2n) is 6.58. The number of hydrogen-bond acceptors (Lipinski definition) is 4. The average Bonchev–Trinajstić information content (AvgIpc) is 3.38. The van der Waals surface area contributed by atoms with Crippen LogP contribution >= 0.6 is 0 Å². The zero-order chi connectivity index (χ0) is 23.3. The SMILES string of the molecule is Cc1nccn1-c1ccccc1CNC(=O)c1n[nH]c2ccccc12.O=C(O)C(F)(F)F. The van der Waals surface area contributed by atoms with Crippen LogP contribution in [0.1, 0.15) is 21.9 Å². The van der Waals surface area contributed by atoms with Crippen LogP contribution in [0.3, 0.4) is 0 Å². The first-order valence-electron chi connectivity index (χ1n) is 9.28. The molecule has 4 aromatic rings. The lowest BCUT2D eigenvalue weighted by molar-refractivity contribution is -0.192. The number of nitrogens with zero attached hydrogens (tertiary/aromatic N) is 3. The zero-order valence-electron chi connectivity index (χ0n) is 16.7. The second-order valence-corrected chi connectivity index (χ2v) is 6.58. The van der Waals surface area contributed by atoms with Crippen LogP contribution in [0.5, 0.6) is 0 Å². The quantitative estimate of drug-likeness (QED) is 0.444. The number of hydrogen-bond donors (Lipinski definition) is 3. The summed E-state index contributed by atoms with van der Waals surface area (Å²) in [6.45, 7) is 2.36. The first-order chi connectivity index (χ1) is 15.2. The summed E-state index contributed by atoms with van der Waals surface area (Å²) in [6, 6.07) is 15.5. The van der Waals surface area contributed by atoms with Crippen LogP contribution in [-0.2, 0) is 11.3 Å². The lowest BCUT2D eigenvalue weighted by Gasteiger charge is -2.12. The Morgan fingerprint density at radius 1 is 1.12 bits per heavy atom. The Morgan fingerprint density at radius 3 is 2.44 bits per heavy atom. The van der Waals surface area contributed by atoms with Crippen molar-refractivity contribution in [2.75, 3.05) is 0 Å². The van der Waals surface area contributed by atoms with Crippen molar-refractivity contribution in [1.29, 1.82) is 0 Å². The number of nitrogens with one attached hydrogen (secondary N) is 2. The average molecular weight is 445 g/mol. The molecular weight excluding hydrogens is 427 g/mol. The van der Waals surface area contributed by atoms with Crippen molar-refractivity contribution in [3.63, 3.8) is 0 Å². The fourth-order valence-corrected chi connectivity index (χ4v) is 2.92. The molecule has 0 atom stereocenters. The van der Waals surface area contributed by atoms with E-state index in [-0.39, 0.29) is 5.91 Å². The number of aliphatic carboxylic acids is 1. The number of fused-ring (bicyclic) bond motifs is 1. The number of imidazole rings is 1. The van der Waals surface area contributed by atoms with Gasteiger partial charge in [0.25, 0.3) is 5.91 Å². The third-order valence-electron chi connectivity index (χ3n) is 4.44. The molecule has 0 aliphatic carbocycles. The maximum atomic E-state index is 12.5. The van der Waals surface area contributed by atoms with Crippen LogP contribution in [0.2, 0.25) is 0 Å². The summed E-state index contributed by atoms with van der Waals surface area (Å²) in [4.78, 5) is 25.7. The topological polar surface area (TPSA) is 113 Å². The molecule has 32 heavy (non-hydrogen) atoms. The van der Waals surface area contributed by atoms with Crippen molar-refractivity contribution >= 4 is 22.8 Å². The van der Waals surface area contributed by atoms with E-state index in [9.17, 15) is 18.0 Å². The number of aromatic nitrogens is 4. The van der Waals surface area contributed by atoms with Gasteiger partial charge in [0.05, 0.1) is 11.2 Å². The molecule has 4 rings (SSSR count). The first kappa shape index (κ1) is 22.5. The molecule has 0 unspecified atom stereocenters. The molecule has 8 nitrogen and oxygen atoms in total. The Morgan fingerprint density at radius 2 is 1.78 bits per heavy atom. The van der Waals surface area contributed by atoms with Gasteiger partial charge in [0.1, 0.15) is 5.82 Å². The van der Waals surface area contributed by atoms with E-state index in [4.69, 9.17) is 9.90 Å². The molecule has 1 amide bonds. The Bertz CT molecular complexity index is 1250. The van der Waals surface area contributed by atoms with E-state index in [0.29, 0.717) is 12.2 Å². The Kier molecular flexibility index (Phi) is 6.57. The van der Waals surface area contributed by atoms with E-state index in [1.807, 2.05) is 66.2 Å². The molecule has 166 valence electrons. The molecule has 0 saturated carbocycles. The number of carbonyl (C=O) groups is 2. The molecular formula is C21H18F3N5O3. The van der Waals surface area contributed by atoms with Gasteiger partial charge in [-0.2, -0.15) is 18.3 Å². The Balaban J connectivity index is 0.000000360. The van der Waals surface area contributed by atoms with Gasteiger partial charge in [-0.15, -0.1) is 0 Å². The number of carbonyl (C=O) groups excluding carboxylic acids is 1. The molecule has 0 saturated heterocycles. The summed E-state index contributed by atoms with van der Waals surface area (Å²) < 4.78 is 33.7. The molecule has 0 bridgehead atoms. The molecule has 2 aromatic carbocycles. The zero-order valence-corrected chi connectivity index (χ0v) is 16.7. The van der Waals surface area contributed by atoms with Crippen molar-refractivity contribution in [3.05, 3.63) is 78.0 Å². The van der Waals surface area contributed by atoms with Gasteiger partial charge in [0.2, 0.25) is 0 Å². The molecule has 0 aliphatic rings. The highest BCUT2D eigenvalue weighted by molar-refractivity contribution is 6.04. The molecule has 0 radical (unpaired) electrons. The molecule has 3 N–H and O–H groups in total. The Hall–Kier alpha value is -4.15. The van der Waals surface area contributed by atoms with Gasteiger partial charge in [0, 0.05) is 24.3 Å². The summed E-state index contributed by atoms with van der Waals surface area (Å²) in [7, 11) is 0. The normalized spacial score (nSPS) is 11.0. The van der Waals surface area contributed by atoms with Crippen LogP contribution in [-0.4, -0.2) is 42.9 Å². The van der Waals surface area contributed by atoms with Crippen LogP contribution in [0.25, 0.3) is 16.6 Å². The van der Waals surface area contributed by atoms with Crippen molar-refractivity contribution in [2.24, 2.45) is 0 Å². The monoisotopic (exact) mass is 445 g/mol. The fourth-order valence-electron chi connectivity index (χ4n) is 2.92. The minimum absolute atomic E-state index is 0.199. The number of H-pyrrole nitrogens is 1. The number of halogens is 3. The minimum Gasteiger partial charge on any atom is -0.475 e. The predicted octanol–water partition coefficient (Wildman–Crippen LogP) is 3.62. The van der Waals surface area contributed by atoms with Crippen molar-refractivity contribution in [3.8, 4) is 5.69 Å². The summed E-state index contributed by atoms with van der Waals surface area (Å²) >= 11 is 0. The number of para-hydroxylation sites is 2. The van der Waals surface area contributed by atoms with E-state index in [1.54, 1.807) is 6.20 Å². The second kappa shape index (κ2) is 9.33. The maximum Gasteiger partial charge on any atom is 0.490 e. The molecule has 0 spiro atoms. The molecule has 0 fully saturated rings. The van der Waals surface area contributed by atoms with Gasteiger partial charge < -0.3 is 15.0 Å². The van der Waals surface area contributed by atoms with E-state index < -0.39 is 12.1 Å². The number of aryl methyl sites for hydroxylation is 1. The number of aromatic amines is 1. The van der Waals surface area contributed by atoms with Gasteiger partial charge in [-0.05, 0) is 24.6 Å². The first-order valence-corrected chi connectivity index (χ1v) is 9.28. The van der Waals surface area contributed by atoms with Gasteiger partial charge in [-0.3, -0.25) is 9.89 Å². The molecule has 11 heteroatoms. The number of benzene rings is 2. The molecule has 2 aromatic heterocycles. The maximum absolute atomic E-state index is 12.5. The highest BCUT2D eigenvalue weighted by Gasteiger charge is 2.38. The van der Waals surface area contributed by atoms with Crippen molar-refractivity contribution < 1.29 is 27.9 Å². The number of carboxylic acids is 1. The summed E-state index contributed by atoms with van der Waals surface area (Å²) in [5.74, 6) is -2.06. The van der Waals surface area contributed by atoms with Crippen LogP contribution < -0.4 is 5.32 Å². The van der Waals surface area contributed by atoms with Gasteiger partial charge in [0.15, 0.2) is 5.69 Å². The number of rotatable bonds is 4. The summed E-state index contributed by atoms with van der Waals surface area (Å²) in [5.41, 5.74) is 3.27. The van der Waals surface area contributed by atoms with E-state index in [0.717, 1.165) is 28.0 Å². The fraction of sp³-hybridized carbons (Fsp3) is 0.143. The number of amides is 1. The van der Waals surface area contributed by atoms with Gasteiger partial charge in [-0.25, -0.2) is 9.78 Å². The van der Waals surface area contributed by atoms with Crippen molar-refractivity contribution in [1.82, 2.24) is 25.1 Å². The van der Waals surface area contributed by atoms with E-state index in [2.05, 4.69) is 20.5 Å². The van der Waals surface area contributed by atoms with Crippen molar-refractivity contribution in [2.45, 2.75) is 19.6 Å². The third-order valence-corrected chi connectivity index (χ3v) is 4.44. The smallest absolute Gasteiger partial charge is 0.475 e. The number of alkyl halides is 3. The van der Waals surface area contributed by atoms with Gasteiger partial charge >= 0.3 is 12.1 Å². The highest BCUT2D eigenvalue weighted by atomic mass is 19.4. The molecule has 2 heterocycles. The van der Waals surface area contributed by atoms with Crippen LogP contribution in [0.15, 0.2) is 60.9 Å². The lowest BCUT2D eigenvalue weighted by Crippen LogP contribution is -2.24. The number of carboxylic acid groups (broad SMARTS) is 1. The minimum atomic E-state index is -5.08. The molecule has 0 aliphatic heterocycles. The third kappa shape index (κ3) is 5.12. The highest BCUT2D eigenvalue weighted by Crippen LogP contribution is 2.18. The summed E-state index contributed by atoms with van der Waals surface area (Å²) in [5, 5.41) is 17.9. The van der Waals surface area contributed by atoms with Crippen LogP contribution in [0, 0.1) is 6.92 Å². The Labute approximate surface area is 179 Å². The standard InChI is InChI=1S/C19H17N5O.C2HF3O2/c1-13-20-10-11-24(13)17-9-5-2-6-14(17)12-21-19(25)18-15-7-3-4-8-16(15)22-23-18;3-2(4,5)1(6)7/h2-11H,12H2,1H3,(H,21,25)(H,22,23);(H,6,7). The summed E-state index contributed by atoms with van der Waals surface area (Å²) in [6.07, 6.45) is -1.40. The predicted molar refractivity (Wildman–Crippen MR) is 109 cm³/mol. The van der Waals surface area contributed by atoms with Crippen LogP contribution in [0.4, 0.5) is 13.2 Å². The van der Waals surface area contributed by atoms with E-state index in [1.165, 1.54) is 0 Å². The lowest BCUT2D eigenvalue weighted by atomic mass is 10.1. The van der Waals surface area contributed by atoms with E-state index >= 15 is 0 Å².